The lowest BCUT2D eigenvalue weighted by Crippen LogP contribution is -2.19. The van der Waals surface area contributed by atoms with Crippen molar-refractivity contribution in [2.45, 2.75) is 19.3 Å². The van der Waals surface area contributed by atoms with Crippen molar-refractivity contribution in [3.8, 4) is 0 Å². The summed E-state index contributed by atoms with van der Waals surface area (Å²) in [6.45, 7) is 0.964. The molecule has 2 aromatic rings. The number of benzene rings is 1. The quantitative estimate of drug-likeness (QED) is 0.730. The number of rotatable bonds is 1. The van der Waals surface area contributed by atoms with Crippen LogP contribution in [0.15, 0.2) is 41.0 Å². The monoisotopic (exact) mass is 336 g/mol. The molecule has 2 nitrogen and oxygen atoms in total. The lowest BCUT2D eigenvalue weighted by molar-refractivity contribution is 0.758. The fourth-order valence-corrected chi connectivity index (χ4v) is 3.25. The number of fused-ring (bicyclic) bond motifs is 1. The maximum atomic E-state index is 6.35. The van der Waals surface area contributed by atoms with Crippen LogP contribution in [-0.4, -0.2) is 11.5 Å². The van der Waals surface area contributed by atoms with E-state index >= 15 is 0 Å². The molecule has 0 aliphatic carbocycles. The van der Waals surface area contributed by atoms with Crippen LogP contribution >= 0.6 is 27.5 Å². The number of anilines is 2. The Balaban J connectivity index is 2.09. The van der Waals surface area contributed by atoms with Gasteiger partial charge in [0.05, 0.1) is 5.02 Å². The average Bonchev–Trinajstić information content (AvgIpc) is 2.61. The van der Waals surface area contributed by atoms with E-state index in [0.717, 1.165) is 29.7 Å². The van der Waals surface area contributed by atoms with Gasteiger partial charge in [-0.1, -0.05) is 29.8 Å². The zero-order valence-corrected chi connectivity index (χ0v) is 12.8. The first-order valence-corrected chi connectivity index (χ1v) is 7.59. The van der Waals surface area contributed by atoms with E-state index in [0.29, 0.717) is 5.02 Å². The van der Waals surface area contributed by atoms with E-state index in [1.807, 2.05) is 6.07 Å². The summed E-state index contributed by atoms with van der Waals surface area (Å²) in [6, 6.07) is 10.4. The Hall–Kier alpha value is -1.06. The smallest absolute Gasteiger partial charge is 0.151 e. The molecule has 1 aromatic heterocycles. The fraction of sp³-hybridized carbons (Fsp3) is 0.267. The summed E-state index contributed by atoms with van der Waals surface area (Å²) >= 11 is 9.75. The molecule has 4 heteroatoms. The van der Waals surface area contributed by atoms with E-state index in [4.69, 9.17) is 11.6 Å². The molecule has 98 valence electrons. The number of hydrogen-bond donors (Lipinski definition) is 0. The standard InChI is InChI=1S/C15H14BrClN2/c16-12-9-13(17)15(18-10-12)19-8-4-3-6-11-5-1-2-7-14(11)19/h1-2,5,7,9-10H,3-4,6,8H2. The van der Waals surface area contributed by atoms with E-state index in [1.165, 1.54) is 17.7 Å². The van der Waals surface area contributed by atoms with Crippen LogP contribution in [0.2, 0.25) is 5.02 Å². The summed E-state index contributed by atoms with van der Waals surface area (Å²) in [7, 11) is 0. The van der Waals surface area contributed by atoms with Crippen molar-refractivity contribution in [3.05, 3.63) is 51.6 Å². The Morgan fingerprint density at radius 1 is 1.21 bits per heavy atom. The molecule has 1 aromatic carbocycles. The molecule has 0 amide bonds. The van der Waals surface area contributed by atoms with Crippen LogP contribution in [0.4, 0.5) is 11.5 Å². The van der Waals surface area contributed by atoms with Gasteiger partial charge in [0.2, 0.25) is 0 Å². The lowest BCUT2D eigenvalue weighted by atomic mass is 10.1. The first-order chi connectivity index (χ1) is 9.25. The summed E-state index contributed by atoms with van der Waals surface area (Å²) in [5, 5.41) is 0.686. The third kappa shape index (κ3) is 2.63. The summed E-state index contributed by atoms with van der Waals surface area (Å²) in [4.78, 5) is 6.72. The second-order valence-corrected chi connectivity index (χ2v) is 6.02. The molecule has 0 fully saturated rings. The third-order valence-electron chi connectivity index (χ3n) is 3.40. The maximum absolute atomic E-state index is 6.35. The molecule has 0 unspecified atom stereocenters. The van der Waals surface area contributed by atoms with Gasteiger partial charge in [0.1, 0.15) is 0 Å². The molecule has 0 spiro atoms. The van der Waals surface area contributed by atoms with Crippen molar-refractivity contribution in [1.82, 2.24) is 4.98 Å². The first-order valence-electron chi connectivity index (χ1n) is 6.42. The second-order valence-electron chi connectivity index (χ2n) is 4.70. The highest BCUT2D eigenvalue weighted by molar-refractivity contribution is 9.10. The first kappa shape index (κ1) is 12.9. The Morgan fingerprint density at radius 2 is 2.05 bits per heavy atom. The predicted molar refractivity (Wildman–Crippen MR) is 83.3 cm³/mol. The van der Waals surface area contributed by atoms with Gasteiger partial charge in [0.25, 0.3) is 0 Å². The Labute approximate surface area is 126 Å². The normalized spacial score (nSPS) is 14.9. The van der Waals surface area contributed by atoms with Crippen molar-refractivity contribution in [3.63, 3.8) is 0 Å². The fourth-order valence-electron chi connectivity index (χ4n) is 2.52. The van der Waals surface area contributed by atoms with Crippen LogP contribution in [0.1, 0.15) is 18.4 Å². The molecule has 0 saturated heterocycles. The van der Waals surface area contributed by atoms with Gasteiger partial charge in [-0.05, 0) is 52.9 Å². The molecule has 0 saturated carbocycles. The van der Waals surface area contributed by atoms with Crippen molar-refractivity contribution in [2.24, 2.45) is 0 Å². The predicted octanol–water partition coefficient (Wildman–Crippen LogP) is 4.97. The van der Waals surface area contributed by atoms with E-state index in [1.54, 1.807) is 6.20 Å². The van der Waals surface area contributed by atoms with Crippen LogP contribution in [0.3, 0.4) is 0 Å². The van der Waals surface area contributed by atoms with Gasteiger partial charge < -0.3 is 4.90 Å². The SMILES string of the molecule is Clc1cc(Br)cnc1N1CCCCc2ccccc21. The van der Waals surface area contributed by atoms with Crippen LogP contribution in [0.25, 0.3) is 0 Å². The minimum atomic E-state index is 0.686. The largest absolute Gasteiger partial charge is 0.325 e. The number of aryl methyl sites for hydroxylation is 1. The second kappa shape index (κ2) is 5.51. The number of nitrogens with zero attached hydrogens (tertiary/aromatic N) is 2. The summed E-state index contributed by atoms with van der Waals surface area (Å²) in [5.41, 5.74) is 2.61. The van der Waals surface area contributed by atoms with E-state index in [9.17, 15) is 0 Å². The van der Waals surface area contributed by atoms with Gasteiger partial charge in [0, 0.05) is 22.9 Å². The topological polar surface area (TPSA) is 16.1 Å². The molecule has 0 radical (unpaired) electrons. The molecule has 19 heavy (non-hydrogen) atoms. The van der Waals surface area contributed by atoms with Gasteiger partial charge >= 0.3 is 0 Å². The minimum Gasteiger partial charge on any atom is -0.325 e. The van der Waals surface area contributed by atoms with Crippen molar-refractivity contribution < 1.29 is 0 Å². The number of hydrogen-bond acceptors (Lipinski definition) is 2. The molecular formula is C15H14BrClN2. The van der Waals surface area contributed by atoms with Gasteiger partial charge in [-0.15, -0.1) is 0 Å². The highest BCUT2D eigenvalue weighted by atomic mass is 79.9. The highest BCUT2D eigenvalue weighted by Crippen LogP contribution is 2.35. The maximum Gasteiger partial charge on any atom is 0.151 e. The van der Waals surface area contributed by atoms with Crippen molar-refractivity contribution in [1.29, 1.82) is 0 Å². The molecule has 0 bridgehead atoms. The summed E-state index contributed by atoms with van der Waals surface area (Å²) in [5.74, 6) is 0.846. The van der Waals surface area contributed by atoms with Crippen LogP contribution in [0, 0.1) is 0 Å². The van der Waals surface area contributed by atoms with E-state index in [-0.39, 0.29) is 0 Å². The molecule has 0 atom stereocenters. The average molecular weight is 338 g/mol. The van der Waals surface area contributed by atoms with Gasteiger partial charge in [-0.25, -0.2) is 4.98 Å². The summed E-state index contributed by atoms with van der Waals surface area (Å²) in [6.07, 6.45) is 5.29. The minimum absolute atomic E-state index is 0.686. The zero-order chi connectivity index (χ0) is 13.2. The molecular weight excluding hydrogens is 324 g/mol. The Morgan fingerprint density at radius 3 is 2.89 bits per heavy atom. The highest BCUT2D eigenvalue weighted by Gasteiger charge is 2.19. The number of aromatic nitrogens is 1. The Kier molecular flexibility index (Phi) is 3.76. The number of pyridine rings is 1. The molecule has 1 aliphatic heterocycles. The lowest BCUT2D eigenvalue weighted by Gasteiger charge is -2.24. The number of para-hydroxylation sites is 1. The van der Waals surface area contributed by atoms with Crippen LogP contribution < -0.4 is 4.90 Å². The van der Waals surface area contributed by atoms with E-state index < -0.39 is 0 Å². The third-order valence-corrected chi connectivity index (χ3v) is 4.12. The zero-order valence-electron chi connectivity index (χ0n) is 10.4. The molecule has 3 rings (SSSR count). The van der Waals surface area contributed by atoms with Crippen LogP contribution in [0.5, 0.6) is 0 Å². The molecule has 1 aliphatic rings. The van der Waals surface area contributed by atoms with Crippen molar-refractivity contribution in [2.75, 3.05) is 11.4 Å². The van der Waals surface area contributed by atoms with Gasteiger partial charge in [0.15, 0.2) is 5.82 Å². The summed E-state index contributed by atoms with van der Waals surface area (Å²) < 4.78 is 0.907. The van der Waals surface area contributed by atoms with Crippen LogP contribution in [-0.2, 0) is 6.42 Å². The number of halogens is 2. The van der Waals surface area contributed by atoms with E-state index in [2.05, 4.69) is 50.1 Å². The van der Waals surface area contributed by atoms with Gasteiger partial charge in [-0.3, -0.25) is 0 Å². The molecule has 2 heterocycles. The van der Waals surface area contributed by atoms with Gasteiger partial charge in [-0.2, -0.15) is 0 Å². The Bertz CT molecular complexity index is 600. The molecule has 0 N–H and O–H groups in total. The van der Waals surface area contributed by atoms with Crippen molar-refractivity contribution >= 4 is 39.0 Å².